The Labute approximate surface area is 141 Å². The van der Waals surface area contributed by atoms with Gasteiger partial charge < -0.3 is 15.2 Å². The van der Waals surface area contributed by atoms with E-state index in [9.17, 15) is 9.90 Å². The quantitative estimate of drug-likeness (QED) is 0.886. The van der Waals surface area contributed by atoms with Crippen molar-refractivity contribution in [2.24, 2.45) is 0 Å². The third-order valence-corrected chi connectivity index (χ3v) is 4.18. The maximum absolute atomic E-state index is 12.0. The summed E-state index contributed by atoms with van der Waals surface area (Å²) < 4.78 is 5.85. The minimum absolute atomic E-state index is 0.0839. The van der Waals surface area contributed by atoms with Crippen LogP contribution in [0.3, 0.4) is 0 Å². The molecule has 1 aliphatic carbocycles. The molecule has 2 N–H and O–H groups in total. The number of hydrogen-bond donors (Lipinski definition) is 2. The summed E-state index contributed by atoms with van der Waals surface area (Å²) in [6.07, 6.45) is 6.96. The fraction of sp³-hybridized carbons (Fsp3) is 0.368. The van der Waals surface area contributed by atoms with Gasteiger partial charge in [-0.05, 0) is 55.2 Å². The molecule has 126 valence electrons. The molecule has 0 spiro atoms. The number of rotatable bonds is 5. The smallest absolute Gasteiger partial charge is 0.228 e. The topological polar surface area (TPSA) is 71.5 Å². The molecule has 1 aromatic heterocycles. The van der Waals surface area contributed by atoms with E-state index in [-0.39, 0.29) is 12.0 Å². The molecule has 1 aliphatic rings. The molecule has 1 fully saturated rings. The normalized spacial score (nSPS) is 20.4. The van der Waals surface area contributed by atoms with Crippen molar-refractivity contribution in [3.63, 3.8) is 0 Å². The fourth-order valence-corrected chi connectivity index (χ4v) is 2.90. The molecule has 0 saturated heterocycles. The van der Waals surface area contributed by atoms with Gasteiger partial charge in [0.25, 0.3) is 0 Å². The predicted molar refractivity (Wildman–Crippen MR) is 91.9 cm³/mol. The van der Waals surface area contributed by atoms with Crippen LogP contribution in [0.25, 0.3) is 0 Å². The highest BCUT2D eigenvalue weighted by Crippen LogP contribution is 2.24. The van der Waals surface area contributed by atoms with E-state index in [1.165, 1.54) is 0 Å². The van der Waals surface area contributed by atoms with Gasteiger partial charge in [-0.3, -0.25) is 9.78 Å². The number of anilines is 1. The van der Waals surface area contributed by atoms with Crippen molar-refractivity contribution >= 4 is 11.6 Å². The van der Waals surface area contributed by atoms with Gasteiger partial charge in [0.15, 0.2) is 0 Å². The summed E-state index contributed by atoms with van der Waals surface area (Å²) in [5.41, 5.74) is 1.60. The van der Waals surface area contributed by atoms with E-state index >= 15 is 0 Å². The first-order valence-corrected chi connectivity index (χ1v) is 8.34. The largest absolute Gasteiger partial charge is 0.488 e. The Morgan fingerprint density at radius 1 is 1.21 bits per heavy atom. The second-order valence-electron chi connectivity index (χ2n) is 6.12. The standard InChI is InChI=1S/C19H22N2O3/c22-17-5-1-2-6-18(17)24-16-9-7-15(8-10-16)21-19(23)12-14-4-3-11-20-13-14/h3-4,7-11,13,17-18,22H,1-2,5-6,12H2,(H,21,23). The van der Waals surface area contributed by atoms with Crippen LogP contribution >= 0.6 is 0 Å². The molecule has 2 unspecified atom stereocenters. The first kappa shape index (κ1) is 16.5. The highest BCUT2D eigenvalue weighted by Gasteiger charge is 2.24. The van der Waals surface area contributed by atoms with E-state index in [1.807, 2.05) is 36.4 Å². The minimum atomic E-state index is -0.391. The molecular formula is C19H22N2O3. The van der Waals surface area contributed by atoms with Gasteiger partial charge in [0.05, 0.1) is 12.5 Å². The molecule has 1 heterocycles. The summed E-state index contributed by atoms with van der Waals surface area (Å²) in [5, 5.41) is 12.8. The van der Waals surface area contributed by atoms with Crippen LogP contribution in [0.1, 0.15) is 31.2 Å². The number of carbonyl (C=O) groups is 1. The average molecular weight is 326 g/mol. The van der Waals surface area contributed by atoms with Crippen molar-refractivity contribution in [3.05, 3.63) is 54.4 Å². The second kappa shape index (κ2) is 7.93. The Balaban J connectivity index is 1.53. The van der Waals surface area contributed by atoms with E-state index in [4.69, 9.17) is 4.74 Å². The highest BCUT2D eigenvalue weighted by atomic mass is 16.5. The molecule has 1 saturated carbocycles. The fourth-order valence-electron chi connectivity index (χ4n) is 2.90. The number of aromatic nitrogens is 1. The Morgan fingerprint density at radius 2 is 2.00 bits per heavy atom. The maximum atomic E-state index is 12.0. The molecule has 0 radical (unpaired) electrons. The average Bonchev–Trinajstić information content (AvgIpc) is 2.59. The number of pyridine rings is 1. The summed E-state index contributed by atoms with van der Waals surface area (Å²) in [7, 11) is 0. The minimum Gasteiger partial charge on any atom is -0.488 e. The van der Waals surface area contributed by atoms with Crippen molar-refractivity contribution in [2.75, 3.05) is 5.32 Å². The van der Waals surface area contributed by atoms with Gasteiger partial charge in [0.1, 0.15) is 11.9 Å². The van der Waals surface area contributed by atoms with Crippen molar-refractivity contribution in [3.8, 4) is 5.75 Å². The number of benzene rings is 1. The number of nitrogens with zero attached hydrogens (tertiary/aromatic N) is 1. The van der Waals surface area contributed by atoms with E-state index in [1.54, 1.807) is 12.4 Å². The van der Waals surface area contributed by atoms with Crippen LogP contribution < -0.4 is 10.1 Å². The molecule has 0 aliphatic heterocycles. The van der Waals surface area contributed by atoms with Crippen LogP contribution in [-0.4, -0.2) is 28.2 Å². The number of amides is 1. The summed E-state index contributed by atoms with van der Waals surface area (Å²) in [5.74, 6) is 0.630. The summed E-state index contributed by atoms with van der Waals surface area (Å²) in [6.45, 7) is 0. The Bertz CT molecular complexity index is 658. The molecule has 2 atom stereocenters. The Hall–Kier alpha value is -2.40. The second-order valence-corrected chi connectivity index (χ2v) is 6.12. The van der Waals surface area contributed by atoms with Crippen molar-refractivity contribution in [2.45, 2.75) is 44.3 Å². The lowest BCUT2D eigenvalue weighted by Crippen LogP contribution is -2.34. The van der Waals surface area contributed by atoms with Gasteiger partial charge in [-0.25, -0.2) is 0 Å². The number of ether oxygens (including phenoxy) is 1. The maximum Gasteiger partial charge on any atom is 0.228 e. The summed E-state index contributed by atoms with van der Waals surface area (Å²) in [6, 6.07) is 11.0. The van der Waals surface area contributed by atoms with Crippen LogP contribution in [-0.2, 0) is 11.2 Å². The lowest BCUT2D eigenvalue weighted by atomic mass is 9.95. The van der Waals surface area contributed by atoms with E-state index in [2.05, 4.69) is 10.3 Å². The van der Waals surface area contributed by atoms with Crippen LogP contribution in [0.2, 0.25) is 0 Å². The zero-order chi connectivity index (χ0) is 16.8. The monoisotopic (exact) mass is 326 g/mol. The molecule has 1 aromatic carbocycles. The third-order valence-electron chi connectivity index (χ3n) is 4.18. The highest BCUT2D eigenvalue weighted by molar-refractivity contribution is 5.92. The van der Waals surface area contributed by atoms with Crippen LogP contribution in [0, 0.1) is 0 Å². The van der Waals surface area contributed by atoms with Gasteiger partial charge in [0, 0.05) is 18.1 Å². The van der Waals surface area contributed by atoms with Crippen LogP contribution in [0.4, 0.5) is 5.69 Å². The van der Waals surface area contributed by atoms with Gasteiger partial charge >= 0.3 is 0 Å². The van der Waals surface area contributed by atoms with E-state index in [0.29, 0.717) is 12.2 Å². The first-order valence-electron chi connectivity index (χ1n) is 8.34. The summed E-state index contributed by atoms with van der Waals surface area (Å²) in [4.78, 5) is 16.0. The molecule has 5 heteroatoms. The van der Waals surface area contributed by atoms with Gasteiger partial charge in [-0.2, -0.15) is 0 Å². The van der Waals surface area contributed by atoms with Crippen molar-refractivity contribution in [1.82, 2.24) is 4.98 Å². The molecule has 5 nitrogen and oxygen atoms in total. The number of aliphatic hydroxyl groups excluding tert-OH is 1. The molecule has 0 bridgehead atoms. The lowest BCUT2D eigenvalue weighted by Gasteiger charge is -2.28. The molecular weight excluding hydrogens is 304 g/mol. The Morgan fingerprint density at radius 3 is 2.71 bits per heavy atom. The van der Waals surface area contributed by atoms with E-state index in [0.717, 1.165) is 36.9 Å². The molecule has 24 heavy (non-hydrogen) atoms. The van der Waals surface area contributed by atoms with Crippen molar-refractivity contribution < 1.29 is 14.6 Å². The third kappa shape index (κ3) is 4.55. The number of carbonyl (C=O) groups excluding carboxylic acids is 1. The molecule has 3 rings (SSSR count). The van der Waals surface area contributed by atoms with Crippen molar-refractivity contribution in [1.29, 1.82) is 0 Å². The summed E-state index contributed by atoms with van der Waals surface area (Å²) >= 11 is 0. The molecule has 2 aromatic rings. The lowest BCUT2D eigenvalue weighted by molar-refractivity contribution is -0.115. The molecule has 1 amide bonds. The zero-order valence-corrected chi connectivity index (χ0v) is 13.5. The number of hydrogen-bond acceptors (Lipinski definition) is 4. The number of nitrogens with one attached hydrogen (secondary N) is 1. The number of aliphatic hydroxyl groups is 1. The van der Waals surface area contributed by atoms with Gasteiger partial charge in [-0.15, -0.1) is 0 Å². The predicted octanol–water partition coefficient (Wildman–Crippen LogP) is 2.95. The van der Waals surface area contributed by atoms with Crippen LogP contribution in [0.5, 0.6) is 5.75 Å². The first-order chi connectivity index (χ1) is 11.7. The SMILES string of the molecule is O=C(Cc1cccnc1)Nc1ccc(OC2CCCCC2O)cc1. The van der Waals surface area contributed by atoms with Gasteiger partial charge in [0.2, 0.25) is 5.91 Å². The van der Waals surface area contributed by atoms with Crippen LogP contribution in [0.15, 0.2) is 48.8 Å². The zero-order valence-electron chi connectivity index (χ0n) is 13.5. The van der Waals surface area contributed by atoms with Gasteiger partial charge in [-0.1, -0.05) is 12.5 Å². The Kier molecular flexibility index (Phi) is 5.43. The van der Waals surface area contributed by atoms with E-state index < -0.39 is 6.10 Å².